The molecule has 0 fully saturated rings. The molecule has 76 valence electrons. The van der Waals surface area contributed by atoms with Gasteiger partial charge >= 0.3 is 5.97 Å². The minimum atomic E-state index is -0.384. The molecule has 1 heterocycles. The first kappa shape index (κ1) is 11.5. The fraction of sp³-hybridized carbons (Fsp3) is 0.333. The van der Waals surface area contributed by atoms with Crippen LogP contribution >= 0.6 is 27.5 Å². The molecule has 0 amide bonds. The van der Waals surface area contributed by atoms with Crippen molar-refractivity contribution in [3.8, 4) is 0 Å². The van der Waals surface area contributed by atoms with Crippen LogP contribution in [-0.4, -0.2) is 11.0 Å². The van der Waals surface area contributed by atoms with Crippen molar-refractivity contribution in [2.45, 2.75) is 20.0 Å². The van der Waals surface area contributed by atoms with Gasteiger partial charge in [-0.05, 0) is 28.9 Å². The van der Waals surface area contributed by atoms with E-state index in [1.807, 2.05) is 0 Å². The molecule has 0 saturated carbocycles. The lowest BCUT2D eigenvalue weighted by molar-refractivity contribution is -0.145. The lowest BCUT2D eigenvalue weighted by atomic mass is 10.2. The Morgan fingerprint density at radius 1 is 1.71 bits per heavy atom. The van der Waals surface area contributed by atoms with Crippen molar-refractivity contribution in [3.05, 3.63) is 27.5 Å². The average Bonchev–Trinajstić information content (AvgIpc) is 2.08. The molecule has 14 heavy (non-hydrogen) atoms. The van der Waals surface area contributed by atoms with Gasteiger partial charge in [-0.3, -0.25) is 4.79 Å². The zero-order chi connectivity index (χ0) is 10.7. The van der Waals surface area contributed by atoms with E-state index in [0.717, 1.165) is 4.47 Å². The van der Waals surface area contributed by atoms with E-state index in [1.54, 1.807) is 19.2 Å². The van der Waals surface area contributed by atoms with Gasteiger partial charge in [-0.25, -0.2) is 4.98 Å². The Morgan fingerprint density at radius 2 is 2.36 bits per heavy atom. The molecule has 3 nitrogen and oxygen atoms in total. The van der Waals surface area contributed by atoms with E-state index in [0.29, 0.717) is 10.7 Å². The largest absolute Gasteiger partial charge is 0.458 e. The summed E-state index contributed by atoms with van der Waals surface area (Å²) in [5.41, 5.74) is 0.691. The minimum absolute atomic E-state index is 0.339. The van der Waals surface area contributed by atoms with Crippen LogP contribution in [0, 0.1) is 0 Å². The second-order valence-electron chi connectivity index (χ2n) is 2.79. The topological polar surface area (TPSA) is 39.2 Å². The van der Waals surface area contributed by atoms with Crippen LogP contribution in [0.3, 0.4) is 0 Å². The summed E-state index contributed by atoms with van der Waals surface area (Å²) >= 11 is 9.12. The van der Waals surface area contributed by atoms with Gasteiger partial charge in [0.1, 0.15) is 11.3 Å². The summed E-state index contributed by atoms with van der Waals surface area (Å²) in [6, 6.07) is 1.78. The molecule has 0 radical (unpaired) electrons. The molecule has 0 aliphatic rings. The zero-order valence-electron chi connectivity index (χ0n) is 7.75. The fourth-order valence-electron chi connectivity index (χ4n) is 1.04. The van der Waals surface area contributed by atoms with E-state index in [9.17, 15) is 4.79 Å². The van der Waals surface area contributed by atoms with E-state index in [2.05, 4.69) is 20.9 Å². The number of carbonyl (C=O) groups is 1. The van der Waals surface area contributed by atoms with Gasteiger partial charge in [0.15, 0.2) is 0 Å². The molecule has 1 atom stereocenters. The molecule has 0 bridgehead atoms. The Bertz CT molecular complexity index is 357. The van der Waals surface area contributed by atoms with Gasteiger partial charge in [0.05, 0.1) is 0 Å². The molecule has 0 spiro atoms. The number of nitrogens with zero attached hydrogens (tertiary/aromatic N) is 1. The maximum atomic E-state index is 10.7. The van der Waals surface area contributed by atoms with Crippen LogP contribution in [0.2, 0.25) is 5.15 Å². The summed E-state index contributed by atoms with van der Waals surface area (Å²) in [5, 5.41) is 0.349. The lowest BCUT2D eigenvalue weighted by Gasteiger charge is -2.13. The van der Waals surface area contributed by atoms with E-state index in [4.69, 9.17) is 16.3 Å². The van der Waals surface area contributed by atoms with Gasteiger partial charge < -0.3 is 4.74 Å². The number of hydrogen-bond donors (Lipinski definition) is 0. The quantitative estimate of drug-likeness (QED) is 0.616. The second kappa shape index (κ2) is 4.75. The van der Waals surface area contributed by atoms with Crippen LogP contribution in [0.25, 0.3) is 0 Å². The SMILES string of the molecule is CC(=O)OC(C)c1cc(Br)cnc1Cl. The number of rotatable bonds is 2. The van der Waals surface area contributed by atoms with Crippen LogP contribution in [0.15, 0.2) is 16.7 Å². The van der Waals surface area contributed by atoms with Crippen molar-refractivity contribution in [2.24, 2.45) is 0 Å². The maximum absolute atomic E-state index is 10.7. The molecule has 1 aromatic heterocycles. The standard InChI is InChI=1S/C9H9BrClNO2/c1-5(14-6(2)13)8-3-7(10)4-12-9(8)11/h3-5H,1-2H3. The number of pyridine rings is 1. The number of hydrogen-bond acceptors (Lipinski definition) is 3. The monoisotopic (exact) mass is 277 g/mol. The molecule has 1 aromatic rings. The number of carbonyl (C=O) groups excluding carboxylic acids is 1. The highest BCUT2D eigenvalue weighted by molar-refractivity contribution is 9.10. The van der Waals surface area contributed by atoms with Crippen molar-refractivity contribution >= 4 is 33.5 Å². The molecule has 1 unspecified atom stereocenters. The van der Waals surface area contributed by atoms with Gasteiger partial charge in [0.25, 0.3) is 0 Å². The van der Waals surface area contributed by atoms with Crippen LogP contribution < -0.4 is 0 Å². The Balaban J connectivity index is 2.93. The fourth-order valence-corrected chi connectivity index (χ4v) is 1.64. The normalized spacial score (nSPS) is 12.3. The summed E-state index contributed by atoms with van der Waals surface area (Å²) < 4.78 is 5.79. The molecular weight excluding hydrogens is 269 g/mol. The van der Waals surface area contributed by atoms with Crippen molar-refractivity contribution in [1.82, 2.24) is 4.98 Å². The van der Waals surface area contributed by atoms with Crippen LogP contribution in [0.4, 0.5) is 0 Å². The van der Waals surface area contributed by atoms with Gasteiger partial charge in [-0.2, -0.15) is 0 Å². The first-order valence-electron chi connectivity index (χ1n) is 3.99. The van der Waals surface area contributed by atoms with E-state index in [-0.39, 0.29) is 12.1 Å². The first-order valence-corrected chi connectivity index (χ1v) is 5.16. The van der Waals surface area contributed by atoms with Gasteiger partial charge in [0.2, 0.25) is 0 Å². The summed E-state index contributed by atoms with van der Waals surface area (Å²) in [7, 11) is 0. The van der Waals surface area contributed by atoms with Crippen molar-refractivity contribution in [3.63, 3.8) is 0 Å². The third kappa shape index (κ3) is 2.96. The van der Waals surface area contributed by atoms with Crippen molar-refractivity contribution < 1.29 is 9.53 Å². The first-order chi connectivity index (χ1) is 6.50. The molecule has 0 saturated heterocycles. The van der Waals surface area contributed by atoms with Crippen LogP contribution in [-0.2, 0) is 9.53 Å². The Morgan fingerprint density at radius 3 is 2.93 bits per heavy atom. The zero-order valence-corrected chi connectivity index (χ0v) is 10.1. The molecule has 0 aliphatic carbocycles. The lowest BCUT2D eigenvalue weighted by Crippen LogP contribution is -2.05. The number of aromatic nitrogens is 1. The van der Waals surface area contributed by atoms with E-state index in [1.165, 1.54) is 6.92 Å². The third-order valence-electron chi connectivity index (χ3n) is 1.61. The Kier molecular flexibility index (Phi) is 3.89. The van der Waals surface area contributed by atoms with Crippen LogP contribution in [0.1, 0.15) is 25.5 Å². The predicted molar refractivity (Wildman–Crippen MR) is 57.1 cm³/mol. The molecule has 0 aliphatic heterocycles. The summed E-state index contributed by atoms with van der Waals surface area (Å²) in [4.78, 5) is 14.7. The Labute approximate surface area is 95.6 Å². The third-order valence-corrected chi connectivity index (χ3v) is 2.36. The number of ether oxygens (including phenoxy) is 1. The summed E-state index contributed by atoms with van der Waals surface area (Å²) in [5.74, 6) is -0.339. The number of halogens is 2. The second-order valence-corrected chi connectivity index (χ2v) is 4.06. The molecular formula is C9H9BrClNO2. The predicted octanol–water partition coefficient (Wildman–Crippen LogP) is 3.12. The minimum Gasteiger partial charge on any atom is -0.458 e. The maximum Gasteiger partial charge on any atom is 0.303 e. The van der Waals surface area contributed by atoms with Crippen LogP contribution in [0.5, 0.6) is 0 Å². The smallest absolute Gasteiger partial charge is 0.303 e. The highest BCUT2D eigenvalue weighted by Crippen LogP contribution is 2.26. The van der Waals surface area contributed by atoms with Gasteiger partial charge in [-0.15, -0.1) is 0 Å². The average molecular weight is 279 g/mol. The molecule has 0 aromatic carbocycles. The summed E-state index contributed by atoms with van der Waals surface area (Å²) in [6.07, 6.45) is 1.21. The highest BCUT2D eigenvalue weighted by Gasteiger charge is 2.13. The summed E-state index contributed by atoms with van der Waals surface area (Å²) in [6.45, 7) is 3.10. The molecule has 0 N–H and O–H groups in total. The highest BCUT2D eigenvalue weighted by atomic mass is 79.9. The van der Waals surface area contributed by atoms with E-state index < -0.39 is 0 Å². The number of esters is 1. The van der Waals surface area contributed by atoms with Crippen molar-refractivity contribution in [2.75, 3.05) is 0 Å². The molecule has 1 rings (SSSR count). The van der Waals surface area contributed by atoms with Gasteiger partial charge in [0, 0.05) is 23.2 Å². The molecule has 5 heteroatoms. The van der Waals surface area contributed by atoms with Crippen molar-refractivity contribution in [1.29, 1.82) is 0 Å². The van der Waals surface area contributed by atoms with E-state index >= 15 is 0 Å². The Hall–Kier alpha value is -0.610. The van der Waals surface area contributed by atoms with Gasteiger partial charge in [-0.1, -0.05) is 11.6 Å².